The zero-order valence-electron chi connectivity index (χ0n) is 14.5. The summed E-state index contributed by atoms with van der Waals surface area (Å²) in [5.74, 6) is -2.33. The first-order valence-electron chi connectivity index (χ1n) is 7.92. The summed E-state index contributed by atoms with van der Waals surface area (Å²) >= 11 is 0. The number of halogens is 2. The van der Waals surface area contributed by atoms with E-state index in [2.05, 4.69) is 4.98 Å². The maximum atomic E-state index is 13.4. The van der Waals surface area contributed by atoms with Crippen LogP contribution in [0.2, 0.25) is 0 Å². The fourth-order valence-corrected chi connectivity index (χ4v) is 2.29. The van der Waals surface area contributed by atoms with Crippen molar-refractivity contribution >= 4 is 5.91 Å². The Labute approximate surface area is 148 Å². The first-order valence-corrected chi connectivity index (χ1v) is 7.92. The van der Waals surface area contributed by atoms with Gasteiger partial charge in [-0.1, -0.05) is 6.07 Å². The lowest BCUT2D eigenvalue weighted by Gasteiger charge is -2.25. The Morgan fingerprint density at radius 3 is 2.46 bits per heavy atom. The summed E-state index contributed by atoms with van der Waals surface area (Å²) in [6, 6.07) is 4.60. The molecule has 1 aromatic carbocycles. The molecule has 0 radical (unpaired) electrons. The lowest BCUT2D eigenvalue weighted by Crippen LogP contribution is -2.40. The Morgan fingerprint density at radius 1 is 1.12 bits per heavy atom. The van der Waals surface area contributed by atoms with Crippen LogP contribution in [0.4, 0.5) is 8.78 Å². The molecule has 0 bridgehead atoms. The highest BCUT2D eigenvalue weighted by Gasteiger charge is 2.16. The molecule has 1 heterocycles. The Balaban J connectivity index is 2.19. The molecule has 0 aliphatic rings. The number of likely N-dealkylation sites (N-methyl/N-ethyl adjacent to an activating group) is 1. The van der Waals surface area contributed by atoms with Gasteiger partial charge < -0.3 is 9.80 Å². The normalized spacial score (nSPS) is 11.0. The van der Waals surface area contributed by atoms with E-state index in [1.165, 1.54) is 17.2 Å². The molecule has 0 fully saturated rings. The minimum absolute atomic E-state index is 0.0714. The lowest BCUT2D eigenvalue weighted by molar-refractivity contribution is -0.132. The molecule has 2 rings (SSSR count). The summed E-state index contributed by atoms with van der Waals surface area (Å²) in [4.78, 5) is 40.9. The fourth-order valence-electron chi connectivity index (χ4n) is 2.29. The van der Waals surface area contributed by atoms with Gasteiger partial charge in [-0.05, 0) is 31.8 Å². The van der Waals surface area contributed by atoms with Crippen molar-refractivity contribution in [3.8, 4) is 0 Å². The van der Waals surface area contributed by atoms with Gasteiger partial charge in [0, 0.05) is 31.9 Å². The van der Waals surface area contributed by atoms with Crippen molar-refractivity contribution in [1.82, 2.24) is 19.4 Å². The van der Waals surface area contributed by atoms with Gasteiger partial charge in [0.2, 0.25) is 5.91 Å². The van der Waals surface area contributed by atoms with E-state index in [4.69, 9.17) is 0 Å². The highest BCUT2D eigenvalue weighted by atomic mass is 19.2. The zero-order chi connectivity index (χ0) is 19.3. The Morgan fingerprint density at radius 2 is 1.85 bits per heavy atom. The van der Waals surface area contributed by atoms with Crippen molar-refractivity contribution in [2.75, 3.05) is 27.2 Å². The van der Waals surface area contributed by atoms with E-state index in [-0.39, 0.29) is 19.0 Å². The molecule has 0 aliphatic heterocycles. The summed E-state index contributed by atoms with van der Waals surface area (Å²) in [5, 5.41) is 0. The van der Waals surface area contributed by atoms with E-state index in [0.717, 1.165) is 22.8 Å². The summed E-state index contributed by atoms with van der Waals surface area (Å²) < 4.78 is 27.6. The fraction of sp³-hybridized carbons (Fsp3) is 0.353. The number of nitrogens with one attached hydrogen (secondary N) is 1. The molecule has 26 heavy (non-hydrogen) atoms. The summed E-state index contributed by atoms with van der Waals surface area (Å²) in [7, 11) is 3.68. The first kappa shape index (κ1) is 19.5. The topological polar surface area (TPSA) is 78.4 Å². The monoisotopic (exact) mass is 366 g/mol. The number of H-pyrrole nitrogens is 1. The maximum absolute atomic E-state index is 13.4. The predicted octanol–water partition coefficient (Wildman–Crippen LogP) is 0.405. The number of hydrogen-bond donors (Lipinski definition) is 1. The molecule has 140 valence electrons. The van der Waals surface area contributed by atoms with Crippen molar-refractivity contribution in [2.45, 2.75) is 13.1 Å². The van der Waals surface area contributed by atoms with Crippen LogP contribution in [0, 0.1) is 11.6 Å². The van der Waals surface area contributed by atoms with Gasteiger partial charge in [0.05, 0.1) is 0 Å². The Hall–Kier alpha value is -2.81. The number of amides is 1. The molecule has 2 aromatic rings. The maximum Gasteiger partial charge on any atom is 0.328 e. The van der Waals surface area contributed by atoms with Gasteiger partial charge in [0.1, 0.15) is 6.54 Å². The Kier molecular flexibility index (Phi) is 6.40. The van der Waals surface area contributed by atoms with E-state index in [9.17, 15) is 23.2 Å². The van der Waals surface area contributed by atoms with Crippen LogP contribution in [-0.4, -0.2) is 52.4 Å². The minimum Gasteiger partial charge on any atom is -0.336 e. The third-order valence-corrected chi connectivity index (χ3v) is 3.73. The lowest BCUT2D eigenvalue weighted by atomic mass is 10.2. The Bertz CT molecular complexity index is 892. The number of hydrogen-bond acceptors (Lipinski definition) is 4. The van der Waals surface area contributed by atoms with Gasteiger partial charge in [-0.2, -0.15) is 0 Å². The highest BCUT2D eigenvalue weighted by Crippen LogP contribution is 2.11. The molecule has 0 saturated carbocycles. The number of aromatic nitrogens is 2. The second-order valence-corrected chi connectivity index (χ2v) is 6.11. The smallest absolute Gasteiger partial charge is 0.328 e. The summed E-state index contributed by atoms with van der Waals surface area (Å²) in [5.41, 5.74) is -0.805. The molecular formula is C17H20F2N4O3. The molecule has 0 atom stereocenters. The van der Waals surface area contributed by atoms with Crippen LogP contribution in [0.1, 0.15) is 5.56 Å². The van der Waals surface area contributed by atoms with Crippen molar-refractivity contribution in [2.24, 2.45) is 0 Å². The number of aromatic amines is 1. The molecule has 9 heteroatoms. The van der Waals surface area contributed by atoms with Crippen LogP contribution in [0.25, 0.3) is 0 Å². The van der Waals surface area contributed by atoms with Crippen molar-refractivity contribution in [3.05, 3.63) is 68.5 Å². The SMILES string of the molecule is CN(C)CCN(Cc1ccc(F)c(F)c1)C(=O)Cn1ccc(=O)[nH]c1=O. The molecule has 0 unspecified atom stereocenters. The molecule has 0 spiro atoms. The number of carbonyl (C=O) groups is 1. The predicted molar refractivity (Wildman–Crippen MR) is 91.7 cm³/mol. The van der Waals surface area contributed by atoms with Gasteiger partial charge in [0.15, 0.2) is 11.6 Å². The van der Waals surface area contributed by atoms with Gasteiger partial charge in [-0.3, -0.25) is 19.1 Å². The number of benzene rings is 1. The number of rotatable bonds is 7. The van der Waals surface area contributed by atoms with Crippen molar-refractivity contribution < 1.29 is 13.6 Å². The second kappa shape index (κ2) is 8.52. The standard InChI is InChI=1S/C17H20F2N4O3/c1-21(2)7-8-22(10-12-3-4-13(18)14(19)9-12)16(25)11-23-6-5-15(24)20-17(23)26/h3-6,9H,7-8,10-11H2,1-2H3,(H,20,24,26). The van der Waals surface area contributed by atoms with Crippen molar-refractivity contribution in [1.29, 1.82) is 0 Å². The van der Waals surface area contributed by atoms with Crippen LogP contribution >= 0.6 is 0 Å². The molecule has 1 N–H and O–H groups in total. The van der Waals surface area contributed by atoms with E-state index >= 15 is 0 Å². The van der Waals surface area contributed by atoms with Crippen LogP contribution in [-0.2, 0) is 17.9 Å². The third kappa shape index (κ3) is 5.35. The van der Waals surface area contributed by atoms with Gasteiger partial charge in [-0.15, -0.1) is 0 Å². The van der Waals surface area contributed by atoms with Crippen LogP contribution in [0.3, 0.4) is 0 Å². The van der Waals surface area contributed by atoms with E-state index < -0.39 is 22.9 Å². The molecule has 0 saturated heterocycles. The third-order valence-electron chi connectivity index (χ3n) is 3.73. The summed E-state index contributed by atoms with van der Waals surface area (Å²) in [6.07, 6.45) is 1.24. The van der Waals surface area contributed by atoms with Crippen LogP contribution < -0.4 is 11.2 Å². The van der Waals surface area contributed by atoms with Gasteiger partial charge in [-0.25, -0.2) is 13.6 Å². The molecule has 1 aromatic heterocycles. The quantitative estimate of drug-likeness (QED) is 0.770. The zero-order valence-corrected chi connectivity index (χ0v) is 14.5. The number of carbonyl (C=O) groups excluding carboxylic acids is 1. The first-order chi connectivity index (χ1) is 12.3. The van der Waals surface area contributed by atoms with Gasteiger partial charge in [0.25, 0.3) is 5.56 Å². The van der Waals surface area contributed by atoms with E-state index in [0.29, 0.717) is 18.7 Å². The average Bonchev–Trinajstić information content (AvgIpc) is 2.57. The molecule has 7 nitrogen and oxygen atoms in total. The van der Waals surface area contributed by atoms with Gasteiger partial charge >= 0.3 is 5.69 Å². The van der Waals surface area contributed by atoms with Crippen LogP contribution in [0.15, 0.2) is 40.1 Å². The van der Waals surface area contributed by atoms with E-state index in [1.54, 1.807) is 0 Å². The summed E-state index contributed by atoms with van der Waals surface area (Å²) in [6.45, 7) is 0.688. The van der Waals surface area contributed by atoms with E-state index in [1.807, 2.05) is 19.0 Å². The molecule has 0 aliphatic carbocycles. The minimum atomic E-state index is -0.987. The average molecular weight is 366 g/mol. The molecule has 1 amide bonds. The van der Waals surface area contributed by atoms with Crippen molar-refractivity contribution in [3.63, 3.8) is 0 Å². The largest absolute Gasteiger partial charge is 0.336 e. The van der Waals surface area contributed by atoms with Crippen LogP contribution in [0.5, 0.6) is 0 Å². The number of nitrogens with zero attached hydrogens (tertiary/aromatic N) is 3. The second-order valence-electron chi connectivity index (χ2n) is 6.11. The highest BCUT2D eigenvalue weighted by molar-refractivity contribution is 5.76. The molecular weight excluding hydrogens is 346 g/mol.